The van der Waals surface area contributed by atoms with Gasteiger partial charge in [0.05, 0.1) is 11.6 Å². The average Bonchev–Trinajstić information content (AvgIpc) is 2.81. The van der Waals surface area contributed by atoms with Crippen LogP contribution in [0, 0.1) is 10.1 Å². The van der Waals surface area contributed by atoms with Gasteiger partial charge in [-0.15, -0.1) is 0 Å². The summed E-state index contributed by atoms with van der Waals surface area (Å²) in [7, 11) is 0. The Labute approximate surface area is 116 Å². The van der Waals surface area contributed by atoms with E-state index in [1.807, 2.05) is 4.90 Å². The number of benzene rings is 1. The van der Waals surface area contributed by atoms with Crippen LogP contribution in [0.3, 0.4) is 0 Å². The van der Waals surface area contributed by atoms with Gasteiger partial charge in [-0.25, -0.2) is 0 Å². The number of hydrogen-bond acceptors (Lipinski definition) is 5. The summed E-state index contributed by atoms with van der Waals surface area (Å²) in [5, 5.41) is 17.1. The van der Waals surface area contributed by atoms with Gasteiger partial charge in [0.15, 0.2) is 0 Å². The zero-order valence-corrected chi connectivity index (χ0v) is 11.0. The van der Waals surface area contributed by atoms with Crippen LogP contribution in [0.1, 0.15) is 12.8 Å². The molecule has 2 aliphatic rings. The quantitative estimate of drug-likeness (QED) is 0.610. The van der Waals surface area contributed by atoms with Crippen molar-refractivity contribution in [3.8, 4) is 0 Å². The van der Waals surface area contributed by atoms with Crippen molar-refractivity contribution >= 4 is 17.3 Å². The fourth-order valence-corrected chi connectivity index (χ4v) is 2.96. The predicted molar refractivity (Wildman–Crippen MR) is 73.4 cm³/mol. The second kappa shape index (κ2) is 4.75. The lowest BCUT2D eigenvalue weighted by molar-refractivity contribution is -0.384. The van der Waals surface area contributed by atoms with Crippen LogP contribution in [0.25, 0.3) is 0 Å². The van der Waals surface area contributed by atoms with Gasteiger partial charge in [-0.05, 0) is 18.9 Å². The predicted octanol–water partition coefficient (Wildman–Crippen LogP) is 0.611. The number of anilines is 1. The van der Waals surface area contributed by atoms with Crippen molar-refractivity contribution in [1.29, 1.82) is 0 Å². The molecule has 106 valence electrons. The summed E-state index contributed by atoms with van der Waals surface area (Å²) < 4.78 is 0. The molecular formula is C13H16N4O3. The van der Waals surface area contributed by atoms with Crippen molar-refractivity contribution in [2.45, 2.75) is 18.4 Å². The van der Waals surface area contributed by atoms with Crippen molar-refractivity contribution in [2.24, 2.45) is 0 Å². The molecule has 2 heterocycles. The van der Waals surface area contributed by atoms with E-state index in [0.717, 1.165) is 0 Å². The molecule has 0 bridgehead atoms. The molecule has 0 radical (unpaired) electrons. The fourth-order valence-electron chi connectivity index (χ4n) is 2.96. The lowest BCUT2D eigenvalue weighted by Gasteiger charge is -2.38. The molecule has 20 heavy (non-hydrogen) atoms. The molecule has 1 aromatic carbocycles. The number of nitro benzene ring substituents is 1. The number of hydrogen-bond donors (Lipinski definition) is 2. The molecule has 2 fully saturated rings. The number of rotatable bonds is 2. The second-order valence-corrected chi connectivity index (χ2v) is 5.17. The Morgan fingerprint density at radius 2 is 1.95 bits per heavy atom. The highest BCUT2D eigenvalue weighted by Gasteiger charge is 2.44. The van der Waals surface area contributed by atoms with E-state index in [1.54, 1.807) is 18.2 Å². The van der Waals surface area contributed by atoms with E-state index in [4.69, 9.17) is 0 Å². The van der Waals surface area contributed by atoms with Crippen molar-refractivity contribution in [2.75, 3.05) is 24.7 Å². The highest BCUT2D eigenvalue weighted by atomic mass is 16.6. The van der Waals surface area contributed by atoms with E-state index in [1.165, 1.54) is 6.07 Å². The van der Waals surface area contributed by atoms with E-state index < -0.39 is 5.54 Å². The average molecular weight is 276 g/mol. The maximum atomic E-state index is 11.9. The molecular weight excluding hydrogens is 260 g/mol. The van der Waals surface area contributed by atoms with Crippen LogP contribution in [-0.4, -0.2) is 36.1 Å². The first-order valence-corrected chi connectivity index (χ1v) is 6.64. The van der Waals surface area contributed by atoms with Gasteiger partial charge in [0, 0.05) is 19.2 Å². The minimum Gasteiger partial charge on any atom is -0.366 e. The molecule has 1 spiro atoms. The highest BCUT2D eigenvalue weighted by molar-refractivity contribution is 5.88. The largest absolute Gasteiger partial charge is 0.366 e. The minimum atomic E-state index is -0.486. The van der Waals surface area contributed by atoms with Crippen LogP contribution < -0.4 is 15.5 Å². The Morgan fingerprint density at radius 1 is 1.25 bits per heavy atom. The highest BCUT2D eigenvalue weighted by Crippen LogP contribution is 2.33. The van der Waals surface area contributed by atoms with Gasteiger partial charge in [0.2, 0.25) is 5.91 Å². The van der Waals surface area contributed by atoms with E-state index >= 15 is 0 Å². The summed E-state index contributed by atoms with van der Waals surface area (Å²) in [6, 6.07) is 6.74. The number of para-hydroxylation sites is 2. The second-order valence-electron chi connectivity index (χ2n) is 5.17. The molecule has 1 amide bonds. The van der Waals surface area contributed by atoms with Crippen LogP contribution in [0.5, 0.6) is 0 Å². The first-order chi connectivity index (χ1) is 9.62. The number of nitrogens with one attached hydrogen (secondary N) is 2. The summed E-state index contributed by atoms with van der Waals surface area (Å²) in [4.78, 5) is 24.6. The minimum absolute atomic E-state index is 0.0414. The first-order valence-electron chi connectivity index (χ1n) is 6.64. The number of carbonyl (C=O) groups excluding carboxylic acids is 1. The van der Waals surface area contributed by atoms with Gasteiger partial charge >= 0.3 is 0 Å². The summed E-state index contributed by atoms with van der Waals surface area (Å²) in [5.74, 6) is 0.0414. The molecule has 7 heteroatoms. The standard InChI is InChI=1S/C13H16N4O3/c18-12-13(15-9-14-12)5-7-16(8-6-13)10-3-1-2-4-11(10)17(19)20/h1-4,15H,5-9H2,(H,14,18). The molecule has 0 saturated carbocycles. The van der Waals surface area contributed by atoms with Gasteiger partial charge in [0.25, 0.3) is 5.69 Å². The maximum Gasteiger partial charge on any atom is 0.292 e. The number of nitro groups is 1. The van der Waals surface area contributed by atoms with Crippen molar-refractivity contribution in [3.63, 3.8) is 0 Å². The van der Waals surface area contributed by atoms with Gasteiger partial charge in [-0.1, -0.05) is 12.1 Å². The SMILES string of the molecule is O=C1NCNC12CCN(c1ccccc1[N+](=O)[O-])CC2. The molecule has 0 aromatic heterocycles. The van der Waals surface area contributed by atoms with Crippen molar-refractivity contribution in [1.82, 2.24) is 10.6 Å². The summed E-state index contributed by atoms with van der Waals surface area (Å²) in [6.07, 6.45) is 1.32. The molecule has 1 aromatic rings. The molecule has 2 aliphatic heterocycles. The molecule has 0 unspecified atom stereocenters. The third-order valence-electron chi connectivity index (χ3n) is 4.15. The summed E-state index contributed by atoms with van der Waals surface area (Å²) >= 11 is 0. The molecule has 0 aliphatic carbocycles. The van der Waals surface area contributed by atoms with Gasteiger partial charge in [-0.2, -0.15) is 0 Å². The number of amides is 1. The van der Waals surface area contributed by atoms with Gasteiger partial charge < -0.3 is 10.2 Å². The van der Waals surface area contributed by atoms with Crippen LogP contribution in [-0.2, 0) is 4.79 Å². The Hall–Kier alpha value is -2.15. The smallest absolute Gasteiger partial charge is 0.292 e. The topological polar surface area (TPSA) is 87.5 Å². The zero-order valence-electron chi connectivity index (χ0n) is 11.0. The van der Waals surface area contributed by atoms with Crippen LogP contribution in [0.4, 0.5) is 11.4 Å². The molecule has 7 nitrogen and oxygen atoms in total. The summed E-state index contributed by atoms with van der Waals surface area (Å²) in [6.45, 7) is 1.76. The van der Waals surface area contributed by atoms with Crippen LogP contribution in [0.15, 0.2) is 24.3 Å². The molecule has 0 atom stereocenters. The third-order valence-corrected chi connectivity index (χ3v) is 4.15. The Kier molecular flexibility index (Phi) is 3.06. The Bertz CT molecular complexity index is 552. The monoisotopic (exact) mass is 276 g/mol. The van der Waals surface area contributed by atoms with Crippen molar-refractivity contribution < 1.29 is 9.72 Å². The van der Waals surface area contributed by atoms with E-state index in [2.05, 4.69) is 10.6 Å². The van der Waals surface area contributed by atoms with E-state index in [0.29, 0.717) is 38.3 Å². The normalized spacial score (nSPS) is 21.0. The molecule has 2 N–H and O–H groups in total. The third kappa shape index (κ3) is 2.00. The van der Waals surface area contributed by atoms with Crippen molar-refractivity contribution in [3.05, 3.63) is 34.4 Å². The van der Waals surface area contributed by atoms with E-state index in [-0.39, 0.29) is 16.5 Å². The Morgan fingerprint density at radius 3 is 2.55 bits per heavy atom. The lowest BCUT2D eigenvalue weighted by atomic mass is 9.87. The van der Waals surface area contributed by atoms with Crippen LogP contribution >= 0.6 is 0 Å². The Balaban J connectivity index is 1.79. The van der Waals surface area contributed by atoms with Gasteiger partial charge in [0.1, 0.15) is 11.2 Å². The number of nitrogens with zero attached hydrogens (tertiary/aromatic N) is 2. The van der Waals surface area contributed by atoms with Gasteiger partial charge in [-0.3, -0.25) is 20.2 Å². The molecule has 2 saturated heterocycles. The number of carbonyl (C=O) groups is 1. The first kappa shape index (κ1) is 12.9. The maximum absolute atomic E-state index is 11.9. The van der Waals surface area contributed by atoms with E-state index in [9.17, 15) is 14.9 Å². The number of piperidine rings is 1. The molecule has 3 rings (SSSR count). The zero-order chi connectivity index (χ0) is 14.2. The van der Waals surface area contributed by atoms with Crippen LogP contribution in [0.2, 0.25) is 0 Å². The fraction of sp³-hybridized carbons (Fsp3) is 0.462. The summed E-state index contributed by atoms with van der Waals surface area (Å²) in [5.41, 5.74) is 0.262. The lowest BCUT2D eigenvalue weighted by Crippen LogP contribution is -2.54.